The highest BCUT2D eigenvalue weighted by atomic mass is 19.1. The first-order chi connectivity index (χ1) is 15.8. The third-order valence-corrected chi connectivity index (χ3v) is 6.43. The van der Waals surface area contributed by atoms with E-state index >= 15 is 0 Å². The predicted molar refractivity (Wildman–Crippen MR) is 126 cm³/mol. The van der Waals surface area contributed by atoms with Crippen LogP contribution in [0.15, 0.2) is 53.3 Å². The van der Waals surface area contributed by atoms with Crippen molar-refractivity contribution >= 4 is 17.1 Å². The maximum absolute atomic E-state index is 13.1. The summed E-state index contributed by atoms with van der Waals surface area (Å²) >= 11 is 0. The number of hydrogen-bond donors (Lipinski definition) is 2. The number of aliphatic hydroxyl groups excluding tert-OH is 1. The zero-order chi connectivity index (χ0) is 23.5. The number of carbonyl (C=O) groups excluding carboxylic acids is 1. The third-order valence-electron chi connectivity index (χ3n) is 6.43. The molecule has 1 aliphatic heterocycles. The summed E-state index contributed by atoms with van der Waals surface area (Å²) < 4.78 is 15.9. The molecule has 176 valence electrons. The summed E-state index contributed by atoms with van der Waals surface area (Å²) in [4.78, 5) is 28.0. The molecule has 0 saturated carbocycles. The number of para-hydroxylation sites is 2. The van der Waals surface area contributed by atoms with Crippen LogP contribution < -0.4 is 11.0 Å². The van der Waals surface area contributed by atoms with Gasteiger partial charge < -0.3 is 15.3 Å². The highest BCUT2D eigenvalue weighted by Crippen LogP contribution is 2.21. The number of carbonyl (C=O) groups is 1. The Morgan fingerprint density at radius 3 is 2.36 bits per heavy atom. The molecule has 0 spiro atoms. The first kappa shape index (κ1) is 23.2. The molecule has 3 aromatic rings. The second-order valence-electron chi connectivity index (χ2n) is 9.07. The standard InChI is InChI=1S/C25H31FN4O3/c1-17(2)29-21-5-3-4-6-22(21)30(25(29)33)24(32)27-15-18-11-13-28(14-12-18)16-23(31)19-7-9-20(26)10-8-19/h3-10,17-18,23,31H,11-16H2,1-2H3,(H,27,32). The first-order valence-electron chi connectivity index (χ1n) is 11.5. The molecule has 8 heteroatoms. The number of imidazole rings is 1. The number of benzene rings is 2. The SMILES string of the molecule is CC(C)n1c(=O)n(C(=O)NCC2CCN(CC(O)c3ccc(F)cc3)CC2)c2ccccc21. The van der Waals surface area contributed by atoms with E-state index in [9.17, 15) is 19.1 Å². The maximum Gasteiger partial charge on any atom is 0.337 e. The van der Waals surface area contributed by atoms with Crippen LogP contribution in [-0.2, 0) is 0 Å². The van der Waals surface area contributed by atoms with Gasteiger partial charge in [-0.3, -0.25) is 4.57 Å². The lowest BCUT2D eigenvalue weighted by Gasteiger charge is -2.33. The van der Waals surface area contributed by atoms with Crippen molar-refractivity contribution in [1.82, 2.24) is 19.4 Å². The van der Waals surface area contributed by atoms with Gasteiger partial charge in [-0.2, -0.15) is 0 Å². The van der Waals surface area contributed by atoms with Crippen molar-refractivity contribution in [3.63, 3.8) is 0 Å². The second-order valence-corrected chi connectivity index (χ2v) is 9.07. The van der Waals surface area contributed by atoms with E-state index in [0.29, 0.717) is 30.1 Å². The number of piperidine rings is 1. The molecule has 2 heterocycles. The molecule has 33 heavy (non-hydrogen) atoms. The summed E-state index contributed by atoms with van der Waals surface area (Å²) in [6, 6.07) is 12.8. The normalized spacial score (nSPS) is 16.4. The summed E-state index contributed by atoms with van der Waals surface area (Å²) in [6.45, 7) is 6.47. The molecule has 1 atom stereocenters. The van der Waals surface area contributed by atoms with Gasteiger partial charge in [0.15, 0.2) is 0 Å². The summed E-state index contributed by atoms with van der Waals surface area (Å²) in [7, 11) is 0. The molecule has 2 aromatic carbocycles. The van der Waals surface area contributed by atoms with Gasteiger partial charge in [0.25, 0.3) is 0 Å². The lowest BCUT2D eigenvalue weighted by Crippen LogP contribution is -2.42. The third kappa shape index (κ3) is 5.02. The quantitative estimate of drug-likeness (QED) is 0.597. The molecule has 1 unspecified atom stereocenters. The molecule has 4 rings (SSSR count). The number of β-amino-alcohol motifs (C(OH)–C–C–N with tert-alkyl or cyclic N) is 1. The van der Waals surface area contributed by atoms with Crippen molar-refractivity contribution < 1.29 is 14.3 Å². The number of aromatic nitrogens is 2. The Bertz CT molecular complexity index is 1160. The Kier molecular flexibility index (Phi) is 6.95. The van der Waals surface area contributed by atoms with Crippen LogP contribution in [0.4, 0.5) is 9.18 Å². The number of amides is 1. The molecule has 0 radical (unpaired) electrons. The Balaban J connectivity index is 1.32. The largest absolute Gasteiger partial charge is 0.387 e. The van der Waals surface area contributed by atoms with E-state index < -0.39 is 12.1 Å². The zero-order valence-corrected chi connectivity index (χ0v) is 19.1. The van der Waals surface area contributed by atoms with Crippen molar-refractivity contribution in [2.75, 3.05) is 26.2 Å². The number of nitrogens with one attached hydrogen (secondary N) is 1. The van der Waals surface area contributed by atoms with Crippen LogP contribution in [0.5, 0.6) is 0 Å². The Labute approximate surface area is 192 Å². The van der Waals surface area contributed by atoms with Crippen molar-refractivity contribution in [1.29, 1.82) is 0 Å². The molecule has 1 aromatic heterocycles. The van der Waals surface area contributed by atoms with Gasteiger partial charge in [0.1, 0.15) is 5.82 Å². The van der Waals surface area contributed by atoms with E-state index in [4.69, 9.17) is 0 Å². The van der Waals surface area contributed by atoms with Gasteiger partial charge in [-0.15, -0.1) is 0 Å². The molecular formula is C25H31FN4O3. The topological polar surface area (TPSA) is 79.5 Å². The number of fused-ring (bicyclic) bond motifs is 1. The van der Waals surface area contributed by atoms with Crippen LogP contribution in [0, 0.1) is 11.7 Å². The highest BCUT2D eigenvalue weighted by molar-refractivity contribution is 5.89. The molecule has 1 amide bonds. The highest BCUT2D eigenvalue weighted by Gasteiger charge is 2.24. The average molecular weight is 455 g/mol. The summed E-state index contributed by atoms with van der Waals surface area (Å²) in [5.41, 5.74) is 1.74. The van der Waals surface area contributed by atoms with Gasteiger partial charge in [-0.1, -0.05) is 24.3 Å². The Morgan fingerprint density at radius 2 is 1.73 bits per heavy atom. The molecule has 0 bridgehead atoms. The van der Waals surface area contributed by atoms with Crippen LogP contribution in [0.2, 0.25) is 0 Å². The number of hydrogen-bond acceptors (Lipinski definition) is 4. The van der Waals surface area contributed by atoms with Crippen LogP contribution in [0.3, 0.4) is 0 Å². The van der Waals surface area contributed by atoms with E-state index in [1.165, 1.54) is 16.7 Å². The van der Waals surface area contributed by atoms with Gasteiger partial charge >= 0.3 is 11.7 Å². The molecule has 1 saturated heterocycles. The minimum absolute atomic E-state index is 0.0500. The van der Waals surface area contributed by atoms with Gasteiger partial charge in [0.2, 0.25) is 0 Å². The van der Waals surface area contributed by atoms with Crippen molar-refractivity contribution in [3.05, 3.63) is 70.4 Å². The van der Waals surface area contributed by atoms with Crippen molar-refractivity contribution in [2.45, 2.75) is 38.8 Å². The Morgan fingerprint density at radius 1 is 1.09 bits per heavy atom. The van der Waals surface area contributed by atoms with Crippen LogP contribution >= 0.6 is 0 Å². The first-order valence-corrected chi connectivity index (χ1v) is 11.5. The van der Waals surface area contributed by atoms with E-state index in [1.54, 1.807) is 22.8 Å². The molecule has 1 aliphatic rings. The average Bonchev–Trinajstić information content (AvgIpc) is 3.10. The number of aliphatic hydroxyl groups is 1. The fourth-order valence-corrected chi connectivity index (χ4v) is 4.58. The number of likely N-dealkylation sites (tertiary alicyclic amines) is 1. The van der Waals surface area contributed by atoms with Crippen LogP contribution in [-0.4, -0.2) is 51.4 Å². The van der Waals surface area contributed by atoms with E-state index in [1.807, 2.05) is 32.0 Å². The van der Waals surface area contributed by atoms with Crippen molar-refractivity contribution in [2.24, 2.45) is 5.92 Å². The summed E-state index contributed by atoms with van der Waals surface area (Å²) in [6.07, 6.45) is 1.12. The van der Waals surface area contributed by atoms with Gasteiger partial charge in [-0.05, 0) is 75.5 Å². The Hall–Kier alpha value is -2.97. The maximum atomic E-state index is 13.1. The van der Waals surface area contributed by atoms with E-state index in [-0.39, 0.29) is 17.5 Å². The molecule has 0 aliphatic carbocycles. The zero-order valence-electron chi connectivity index (χ0n) is 19.1. The predicted octanol–water partition coefficient (Wildman–Crippen LogP) is 3.53. The lowest BCUT2D eigenvalue weighted by molar-refractivity contribution is 0.0894. The fourth-order valence-electron chi connectivity index (χ4n) is 4.58. The van der Waals surface area contributed by atoms with Gasteiger partial charge in [0.05, 0.1) is 17.1 Å². The molecule has 2 N–H and O–H groups in total. The number of rotatable bonds is 6. The minimum atomic E-state index is -0.660. The number of nitrogens with zero attached hydrogens (tertiary/aromatic N) is 3. The van der Waals surface area contributed by atoms with Gasteiger partial charge in [0, 0.05) is 19.1 Å². The summed E-state index contributed by atoms with van der Waals surface area (Å²) in [5.74, 6) is -0.00726. The van der Waals surface area contributed by atoms with Crippen molar-refractivity contribution in [3.8, 4) is 0 Å². The lowest BCUT2D eigenvalue weighted by atomic mass is 9.96. The molecular weight excluding hydrogens is 423 g/mol. The monoisotopic (exact) mass is 454 g/mol. The second kappa shape index (κ2) is 9.89. The van der Waals surface area contributed by atoms with Crippen LogP contribution in [0.1, 0.15) is 44.4 Å². The fraction of sp³-hybridized carbons (Fsp3) is 0.440. The number of halogens is 1. The van der Waals surface area contributed by atoms with Gasteiger partial charge in [-0.25, -0.2) is 18.5 Å². The van der Waals surface area contributed by atoms with E-state index in [0.717, 1.165) is 31.4 Å². The summed E-state index contributed by atoms with van der Waals surface area (Å²) in [5, 5.41) is 13.4. The molecule has 7 nitrogen and oxygen atoms in total. The van der Waals surface area contributed by atoms with Crippen LogP contribution in [0.25, 0.3) is 11.0 Å². The smallest absolute Gasteiger partial charge is 0.337 e. The molecule has 1 fully saturated rings. The minimum Gasteiger partial charge on any atom is -0.387 e. The van der Waals surface area contributed by atoms with E-state index in [2.05, 4.69) is 10.2 Å².